The summed E-state index contributed by atoms with van der Waals surface area (Å²) in [4.78, 5) is 14.8. The second-order valence-corrected chi connectivity index (χ2v) is 5.64. The van der Waals surface area contributed by atoms with Crippen molar-refractivity contribution < 1.29 is 14.4 Å². The molecule has 2 heterocycles. The molecule has 1 aromatic rings. The molecular formula is C12H19N3O3. The summed E-state index contributed by atoms with van der Waals surface area (Å²) in [6.07, 6.45) is -0.341. The van der Waals surface area contributed by atoms with E-state index in [1.807, 2.05) is 20.8 Å². The van der Waals surface area contributed by atoms with Gasteiger partial charge in [0.15, 0.2) is 5.82 Å². The number of aliphatic hydroxyl groups excluding tert-OH is 1. The van der Waals surface area contributed by atoms with Crippen molar-refractivity contribution in [2.24, 2.45) is 0 Å². The number of carbonyl (C=O) groups is 1. The molecule has 1 aromatic heterocycles. The fourth-order valence-corrected chi connectivity index (χ4v) is 1.83. The number of urea groups is 1. The summed E-state index contributed by atoms with van der Waals surface area (Å²) >= 11 is 0. The summed E-state index contributed by atoms with van der Waals surface area (Å²) in [5.41, 5.74) is -0.180. The van der Waals surface area contributed by atoms with E-state index >= 15 is 0 Å². The van der Waals surface area contributed by atoms with Gasteiger partial charge in [0.1, 0.15) is 12.0 Å². The lowest BCUT2D eigenvalue weighted by molar-refractivity contribution is 0.115. The summed E-state index contributed by atoms with van der Waals surface area (Å²) in [5, 5.41) is 13.8. The number of nitrogens with zero attached hydrogens (tertiary/aromatic N) is 3. The molecule has 0 aromatic carbocycles. The highest BCUT2D eigenvalue weighted by Crippen LogP contribution is 2.28. The zero-order chi connectivity index (χ0) is 13.5. The van der Waals surface area contributed by atoms with Crippen molar-refractivity contribution in [2.45, 2.75) is 38.8 Å². The second-order valence-electron chi connectivity index (χ2n) is 5.64. The van der Waals surface area contributed by atoms with Gasteiger partial charge in [-0.1, -0.05) is 25.9 Å². The largest absolute Gasteiger partial charge is 0.373 e. The van der Waals surface area contributed by atoms with Crippen molar-refractivity contribution in [3.63, 3.8) is 0 Å². The Hall–Kier alpha value is -1.56. The van der Waals surface area contributed by atoms with E-state index in [0.717, 1.165) is 0 Å². The highest BCUT2D eigenvalue weighted by atomic mass is 16.5. The molecule has 0 bridgehead atoms. The molecule has 0 spiro atoms. The highest BCUT2D eigenvalue weighted by molar-refractivity contribution is 5.91. The van der Waals surface area contributed by atoms with Gasteiger partial charge in [0.2, 0.25) is 0 Å². The molecular weight excluding hydrogens is 234 g/mol. The molecule has 1 unspecified atom stereocenters. The van der Waals surface area contributed by atoms with E-state index in [2.05, 4.69) is 5.16 Å². The Labute approximate surface area is 106 Å². The van der Waals surface area contributed by atoms with Crippen molar-refractivity contribution >= 4 is 11.8 Å². The normalized spacial score (nSPS) is 21.6. The Kier molecular flexibility index (Phi) is 3.06. The Morgan fingerprint density at radius 1 is 1.50 bits per heavy atom. The number of hydrogen-bond donors (Lipinski definition) is 1. The smallest absolute Gasteiger partial charge is 0.327 e. The minimum atomic E-state index is -0.841. The summed E-state index contributed by atoms with van der Waals surface area (Å²) in [6, 6.07) is 1.45. The Bertz CT molecular complexity index is 450. The van der Waals surface area contributed by atoms with Crippen LogP contribution in [-0.4, -0.2) is 41.0 Å². The molecule has 1 aliphatic rings. The maximum Gasteiger partial charge on any atom is 0.327 e. The molecule has 2 amide bonds. The molecule has 1 saturated heterocycles. The van der Waals surface area contributed by atoms with Crippen LogP contribution in [-0.2, 0) is 5.41 Å². The molecule has 0 aliphatic carbocycles. The third-order valence-electron chi connectivity index (χ3n) is 3.04. The lowest BCUT2D eigenvalue weighted by Crippen LogP contribution is -2.53. The minimum absolute atomic E-state index is 0.180. The van der Waals surface area contributed by atoms with E-state index in [4.69, 9.17) is 4.52 Å². The third-order valence-corrected chi connectivity index (χ3v) is 3.04. The van der Waals surface area contributed by atoms with Crippen molar-refractivity contribution in [1.82, 2.24) is 10.1 Å². The van der Waals surface area contributed by atoms with Gasteiger partial charge in [-0.2, -0.15) is 0 Å². The average Bonchev–Trinajstić information content (AvgIpc) is 2.73. The summed E-state index contributed by atoms with van der Waals surface area (Å²) in [7, 11) is 1.70. The van der Waals surface area contributed by atoms with E-state index in [9.17, 15) is 9.90 Å². The lowest BCUT2D eigenvalue weighted by Gasteiger charge is -2.35. The predicted octanol–water partition coefficient (Wildman–Crippen LogP) is 1.55. The lowest BCUT2D eigenvalue weighted by atomic mass is 9.93. The number of rotatable bonds is 1. The molecule has 1 aliphatic heterocycles. The number of anilines is 1. The molecule has 18 heavy (non-hydrogen) atoms. The van der Waals surface area contributed by atoms with Gasteiger partial charge in [-0.15, -0.1) is 0 Å². The molecule has 2 rings (SSSR count). The maximum absolute atomic E-state index is 12.0. The van der Waals surface area contributed by atoms with E-state index < -0.39 is 6.23 Å². The number of carbonyl (C=O) groups excluding carboxylic acids is 1. The second kappa shape index (κ2) is 4.28. The van der Waals surface area contributed by atoms with Crippen LogP contribution in [0.15, 0.2) is 10.6 Å². The van der Waals surface area contributed by atoms with Crippen molar-refractivity contribution in [3.8, 4) is 0 Å². The first-order chi connectivity index (χ1) is 8.30. The summed E-state index contributed by atoms with van der Waals surface area (Å²) in [5.74, 6) is 1.05. The van der Waals surface area contributed by atoms with Crippen LogP contribution in [0.2, 0.25) is 0 Å². The van der Waals surface area contributed by atoms with Crippen LogP contribution >= 0.6 is 0 Å². The standard InChI is InChI=1S/C12H19N3O3/c1-12(2,3)8-7-9(13-18-8)15-10(16)5-6-14(4)11(15)17/h7,10,16H,5-6H2,1-4H3. The van der Waals surface area contributed by atoms with Crippen LogP contribution in [0.1, 0.15) is 33.0 Å². The van der Waals surface area contributed by atoms with Crippen LogP contribution in [0, 0.1) is 0 Å². The molecule has 1 fully saturated rings. The van der Waals surface area contributed by atoms with Gasteiger partial charge in [0.25, 0.3) is 0 Å². The molecule has 1 atom stereocenters. The van der Waals surface area contributed by atoms with Gasteiger partial charge >= 0.3 is 6.03 Å². The molecule has 1 N–H and O–H groups in total. The maximum atomic E-state index is 12.0. The third kappa shape index (κ3) is 2.20. The fraction of sp³-hybridized carbons (Fsp3) is 0.667. The van der Waals surface area contributed by atoms with Gasteiger partial charge in [-0.05, 0) is 0 Å². The zero-order valence-corrected chi connectivity index (χ0v) is 11.2. The highest BCUT2D eigenvalue weighted by Gasteiger charge is 2.34. The van der Waals surface area contributed by atoms with Crippen LogP contribution in [0.25, 0.3) is 0 Å². The SMILES string of the molecule is CN1CCC(O)N(c2cc(C(C)(C)C)on2)C1=O. The van der Waals surface area contributed by atoms with E-state index in [1.165, 1.54) is 4.90 Å². The zero-order valence-electron chi connectivity index (χ0n) is 11.2. The van der Waals surface area contributed by atoms with Crippen LogP contribution in [0.3, 0.4) is 0 Å². The number of aromatic nitrogens is 1. The van der Waals surface area contributed by atoms with Gasteiger partial charge in [-0.25, -0.2) is 9.69 Å². The van der Waals surface area contributed by atoms with E-state index in [1.54, 1.807) is 18.0 Å². The predicted molar refractivity (Wildman–Crippen MR) is 66.3 cm³/mol. The van der Waals surface area contributed by atoms with Crippen molar-refractivity contribution in [1.29, 1.82) is 0 Å². The van der Waals surface area contributed by atoms with Crippen LogP contribution in [0.5, 0.6) is 0 Å². The molecule has 6 nitrogen and oxygen atoms in total. The Balaban J connectivity index is 2.30. The summed E-state index contributed by atoms with van der Waals surface area (Å²) < 4.78 is 5.24. The Morgan fingerprint density at radius 2 is 2.17 bits per heavy atom. The quantitative estimate of drug-likeness (QED) is 0.824. The molecule has 100 valence electrons. The van der Waals surface area contributed by atoms with Crippen molar-refractivity contribution in [2.75, 3.05) is 18.5 Å². The molecule has 0 saturated carbocycles. The van der Waals surface area contributed by atoms with Gasteiger partial charge < -0.3 is 14.5 Å². The van der Waals surface area contributed by atoms with Gasteiger partial charge in [-0.3, -0.25) is 0 Å². The van der Waals surface area contributed by atoms with Crippen LogP contribution < -0.4 is 4.90 Å². The van der Waals surface area contributed by atoms with Crippen molar-refractivity contribution in [3.05, 3.63) is 11.8 Å². The summed E-state index contributed by atoms with van der Waals surface area (Å²) in [6.45, 7) is 6.54. The Morgan fingerprint density at radius 3 is 2.72 bits per heavy atom. The number of hydrogen-bond acceptors (Lipinski definition) is 4. The van der Waals surface area contributed by atoms with Crippen LogP contribution in [0.4, 0.5) is 10.6 Å². The molecule has 0 radical (unpaired) electrons. The topological polar surface area (TPSA) is 69.8 Å². The van der Waals surface area contributed by atoms with E-state index in [0.29, 0.717) is 24.5 Å². The number of amides is 2. The first-order valence-electron chi connectivity index (χ1n) is 6.00. The van der Waals surface area contributed by atoms with Gasteiger partial charge in [0, 0.05) is 31.5 Å². The first kappa shape index (κ1) is 12.9. The monoisotopic (exact) mass is 253 g/mol. The number of aliphatic hydroxyl groups is 1. The first-order valence-corrected chi connectivity index (χ1v) is 6.00. The minimum Gasteiger partial charge on any atom is -0.373 e. The van der Waals surface area contributed by atoms with Gasteiger partial charge in [0.05, 0.1) is 0 Å². The molecule has 6 heteroatoms. The fourth-order valence-electron chi connectivity index (χ4n) is 1.83. The average molecular weight is 253 g/mol. The van der Waals surface area contributed by atoms with E-state index in [-0.39, 0.29) is 11.4 Å².